The van der Waals surface area contributed by atoms with E-state index < -0.39 is 11.6 Å². The van der Waals surface area contributed by atoms with Crippen LogP contribution in [0.15, 0.2) is 35.7 Å². The summed E-state index contributed by atoms with van der Waals surface area (Å²) in [5.41, 5.74) is 6.24. The lowest BCUT2D eigenvalue weighted by atomic mass is 10.0. The Balaban J connectivity index is 2.27. The van der Waals surface area contributed by atoms with Crippen LogP contribution in [0, 0.1) is 11.6 Å². The van der Waals surface area contributed by atoms with Gasteiger partial charge in [-0.25, -0.2) is 8.78 Å². The third-order valence-corrected chi connectivity index (χ3v) is 4.64. The molecule has 2 atom stereocenters. The second-order valence-corrected chi connectivity index (χ2v) is 5.75. The minimum atomic E-state index is -0.573. The van der Waals surface area contributed by atoms with E-state index in [2.05, 4.69) is 6.92 Å². The van der Waals surface area contributed by atoms with Gasteiger partial charge in [-0.2, -0.15) is 0 Å². The van der Waals surface area contributed by atoms with E-state index in [9.17, 15) is 8.78 Å². The van der Waals surface area contributed by atoms with Gasteiger partial charge in [-0.15, -0.1) is 11.3 Å². The van der Waals surface area contributed by atoms with E-state index >= 15 is 0 Å². The Bertz CT molecular complexity index is 557. The lowest BCUT2D eigenvalue weighted by Crippen LogP contribution is -2.33. The number of likely N-dealkylation sites (N-methyl/N-ethyl adjacent to an activating group) is 1. The van der Waals surface area contributed by atoms with Gasteiger partial charge in [-0.1, -0.05) is 12.1 Å². The Hall–Kier alpha value is -1.30. The molecule has 2 N–H and O–H groups in total. The van der Waals surface area contributed by atoms with Crippen molar-refractivity contribution in [3.05, 3.63) is 57.8 Å². The summed E-state index contributed by atoms with van der Waals surface area (Å²) < 4.78 is 26.9. The van der Waals surface area contributed by atoms with Crippen molar-refractivity contribution in [2.45, 2.75) is 19.0 Å². The Morgan fingerprint density at radius 3 is 2.60 bits per heavy atom. The van der Waals surface area contributed by atoms with E-state index in [4.69, 9.17) is 5.73 Å². The monoisotopic (exact) mass is 296 g/mol. The maximum Gasteiger partial charge on any atom is 0.130 e. The van der Waals surface area contributed by atoms with E-state index in [0.29, 0.717) is 5.56 Å². The van der Waals surface area contributed by atoms with E-state index in [1.54, 1.807) is 11.3 Å². The average Bonchev–Trinajstić information content (AvgIpc) is 2.94. The van der Waals surface area contributed by atoms with Crippen LogP contribution in [0.25, 0.3) is 0 Å². The summed E-state index contributed by atoms with van der Waals surface area (Å²) in [6, 6.07) is 7.51. The fourth-order valence-electron chi connectivity index (χ4n) is 2.28. The van der Waals surface area contributed by atoms with Gasteiger partial charge in [0.15, 0.2) is 0 Å². The van der Waals surface area contributed by atoms with Crippen LogP contribution in [0.4, 0.5) is 8.78 Å². The van der Waals surface area contributed by atoms with Crippen molar-refractivity contribution in [3.8, 4) is 0 Å². The number of hydrogen-bond acceptors (Lipinski definition) is 3. The maximum absolute atomic E-state index is 13.9. The quantitative estimate of drug-likeness (QED) is 0.911. The number of thiophene rings is 1. The van der Waals surface area contributed by atoms with Gasteiger partial charge >= 0.3 is 0 Å². The first-order valence-corrected chi connectivity index (χ1v) is 7.33. The zero-order chi connectivity index (χ0) is 14.7. The Kier molecular flexibility index (Phi) is 4.86. The Morgan fingerprint density at radius 1 is 1.30 bits per heavy atom. The van der Waals surface area contributed by atoms with Crippen LogP contribution in [-0.2, 0) is 0 Å². The first-order chi connectivity index (χ1) is 9.54. The molecule has 0 amide bonds. The topological polar surface area (TPSA) is 29.3 Å². The molecule has 0 fully saturated rings. The van der Waals surface area contributed by atoms with Crippen molar-refractivity contribution in [2.75, 3.05) is 13.6 Å². The van der Waals surface area contributed by atoms with Gasteiger partial charge in [0.2, 0.25) is 0 Å². The molecule has 5 heteroatoms. The predicted molar refractivity (Wildman–Crippen MR) is 78.7 cm³/mol. The molecule has 2 rings (SSSR count). The van der Waals surface area contributed by atoms with Gasteiger partial charge in [-0.05, 0) is 31.5 Å². The largest absolute Gasteiger partial charge is 0.329 e. The van der Waals surface area contributed by atoms with Crippen molar-refractivity contribution < 1.29 is 8.78 Å². The van der Waals surface area contributed by atoms with Gasteiger partial charge in [0.1, 0.15) is 11.6 Å². The normalized spacial score (nSPS) is 14.5. The Morgan fingerprint density at radius 2 is 2.05 bits per heavy atom. The van der Waals surface area contributed by atoms with Crippen LogP contribution in [-0.4, -0.2) is 18.5 Å². The highest BCUT2D eigenvalue weighted by Crippen LogP contribution is 2.31. The molecular weight excluding hydrogens is 278 g/mol. The minimum absolute atomic E-state index is 0.119. The Labute approximate surface area is 121 Å². The zero-order valence-corrected chi connectivity index (χ0v) is 12.3. The molecule has 0 bridgehead atoms. The molecule has 0 aliphatic carbocycles. The molecule has 0 saturated carbocycles. The molecule has 0 radical (unpaired) electrons. The van der Waals surface area contributed by atoms with Gasteiger partial charge < -0.3 is 5.73 Å². The summed E-state index contributed by atoms with van der Waals surface area (Å²) in [4.78, 5) is 3.20. The minimum Gasteiger partial charge on any atom is -0.329 e. The van der Waals surface area contributed by atoms with Gasteiger partial charge in [0.25, 0.3) is 0 Å². The van der Waals surface area contributed by atoms with Crippen LogP contribution in [0.5, 0.6) is 0 Å². The third kappa shape index (κ3) is 3.06. The fraction of sp³-hybridized carbons (Fsp3) is 0.333. The number of rotatable bonds is 5. The number of nitrogens with two attached hydrogens (primary N) is 1. The molecule has 1 aromatic heterocycles. The number of halogens is 2. The molecule has 20 heavy (non-hydrogen) atoms. The van der Waals surface area contributed by atoms with E-state index in [-0.39, 0.29) is 18.6 Å². The van der Waals surface area contributed by atoms with Gasteiger partial charge in [0, 0.05) is 29.1 Å². The molecule has 2 aromatic rings. The average molecular weight is 296 g/mol. The predicted octanol–water partition coefficient (Wildman–Crippen LogP) is 3.72. The highest BCUT2D eigenvalue weighted by molar-refractivity contribution is 7.10. The highest BCUT2D eigenvalue weighted by Gasteiger charge is 2.24. The molecule has 108 valence electrons. The fourth-order valence-corrected chi connectivity index (χ4v) is 3.12. The third-order valence-electron chi connectivity index (χ3n) is 3.60. The number of hydrogen-bond donors (Lipinski definition) is 1. The summed E-state index contributed by atoms with van der Waals surface area (Å²) in [6.07, 6.45) is 0. The first-order valence-electron chi connectivity index (χ1n) is 6.45. The molecule has 0 saturated heterocycles. The molecule has 1 heterocycles. The second-order valence-electron chi connectivity index (χ2n) is 4.77. The molecule has 0 spiro atoms. The summed E-state index contributed by atoms with van der Waals surface area (Å²) >= 11 is 1.65. The standard InChI is InChI=1S/C15H18F2N2S/c1-10(15-4-3-7-20-15)19(2)14(9-18)12-6-5-11(16)8-13(12)17/h3-8,10,14H,9,18H2,1-2H3. The van der Waals surface area contributed by atoms with Crippen molar-refractivity contribution in [3.63, 3.8) is 0 Å². The molecule has 0 aliphatic rings. The van der Waals surface area contributed by atoms with Crippen LogP contribution in [0.2, 0.25) is 0 Å². The van der Waals surface area contributed by atoms with E-state index in [1.807, 2.05) is 29.5 Å². The molecule has 1 aromatic carbocycles. The molecule has 2 nitrogen and oxygen atoms in total. The zero-order valence-electron chi connectivity index (χ0n) is 11.5. The van der Waals surface area contributed by atoms with Crippen LogP contribution >= 0.6 is 11.3 Å². The summed E-state index contributed by atoms with van der Waals surface area (Å²) in [5.74, 6) is -1.12. The summed E-state index contributed by atoms with van der Waals surface area (Å²) in [7, 11) is 1.91. The van der Waals surface area contributed by atoms with Crippen molar-refractivity contribution >= 4 is 11.3 Å². The molecule has 2 unspecified atom stereocenters. The smallest absolute Gasteiger partial charge is 0.130 e. The first kappa shape index (κ1) is 15.1. The SMILES string of the molecule is CC(c1cccs1)N(C)C(CN)c1ccc(F)cc1F. The lowest BCUT2D eigenvalue weighted by Gasteiger charge is -2.32. The van der Waals surface area contributed by atoms with Crippen LogP contribution in [0.3, 0.4) is 0 Å². The highest BCUT2D eigenvalue weighted by atomic mass is 32.1. The van der Waals surface area contributed by atoms with Crippen molar-refractivity contribution in [2.24, 2.45) is 5.73 Å². The lowest BCUT2D eigenvalue weighted by molar-refractivity contribution is 0.189. The van der Waals surface area contributed by atoms with Crippen molar-refractivity contribution in [1.29, 1.82) is 0 Å². The van der Waals surface area contributed by atoms with Gasteiger partial charge in [0.05, 0.1) is 6.04 Å². The summed E-state index contributed by atoms with van der Waals surface area (Å²) in [5, 5.41) is 2.01. The van der Waals surface area contributed by atoms with E-state index in [1.165, 1.54) is 17.0 Å². The summed E-state index contributed by atoms with van der Waals surface area (Å²) in [6.45, 7) is 2.32. The van der Waals surface area contributed by atoms with Crippen LogP contribution < -0.4 is 5.73 Å². The van der Waals surface area contributed by atoms with Crippen molar-refractivity contribution in [1.82, 2.24) is 4.90 Å². The van der Waals surface area contributed by atoms with E-state index in [0.717, 1.165) is 6.07 Å². The maximum atomic E-state index is 13.9. The van der Waals surface area contributed by atoms with Crippen LogP contribution in [0.1, 0.15) is 29.4 Å². The van der Waals surface area contributed by atoms with Gasteiger partial charge in [-0.3, -0.25) is 4.90 Å². The number of nitrogens with zero attached hydrogens (tertiary/aromatic N) is 1. The second kappa shape index (κ2) is 6.43. The molecular formula is C15H18F2N2S. The molecule has 0 aliphatic heterocycles. The number of benzene rings is 1.